The Morgan fingerprint density at radius 2 is 2.27 bits per heavy atom. The van der Waals surface area contributed by atoms with E-state index in [0.717, 1.165) is 30.7 Å². The summed E-state index contributed by atoms with van der Waals surface area (Å²) in [4.78, 5) is 12.2. The second kappa shape index (κ2) is 8.18. The van der Waals surface area contributed by atoms with Crippen LogP contribution in [-0.4, -0.2) is 25.1 Å². The molecular weight excluding hydrogens is 276 g/mol. The van der Waals surface area contributed by atoms with Crippen molar-refractivity contribution in [3.05, 3.63) is 29.8 Å². The number of carbonyl (C=O) groups excluding carboxylic acids is 1. The normalized spacial score (nSPS) is 21.6. The van der Waals surface area contributed by atoms with Gasteiger partial charge < -0.3 is 15.4 Å². The molecule has 1 saturated heterocycles. The highest BCUT2D eigenvalue weighted by Crippen LogP contribution is 2.17. The van der Waals surface area contributed by atoms with Crippen molar-refractivity contribution in [1.29, 1.82) is 0 Å². The average molecular weight is 304 g/mol. The molecule has 1 heterocycles. The van der Waals surface area contributed by atoms with Gasteiger partial charge in [0.25, 0.3) is 0 Å². The van der Waals surface area contributed by atoms with E-state index in [1.165, 1.54) is 0 Å². The SMILES string of the molecule is CC(C)COc1cccc(CNC(=O)[C@H]2CCN[C@@H](C)C2)c1. The van der Waals surface area contributed by atoms with Crippen molar-refractivity contribution >= 4 is 5.91 Å². The zero-order valence-electron chi connectivity index (χ0n) is 13.9. The van der Waals surface area contributed by atoms with Crippen LogP contribution in [0.15, 0.2) is 24.3 Å². The summed E-state index contributed by atoms with van der Waals surface area (Å²) in [7, 11) is 0. The van der Waals surface area contributed by atoms with Crippen LogP contribution in [0.2, 0.25) is 0 Å². The van der Waals surface area contributed by atoms with Crippen LogP contribution < -0.4 is 15.4 Å². The van der Waals surface area contributed by atoms with E-state index in [-0.39, 0.29) is 11.8 Å². The smallest absolute Gasteiger partial charge is 0.223 e. The summed E-state index contributed by atoms with van der Waals surface area (Å²) in [6.07, 6.45) is 1.84. The Labute approximate surface area is 133 Å². The standard InChI is InChI=1S/C18H28N2O2/c1-13(2)12-22-17-6-4-5-15(10-17)11-20-18(21)16-7-8-19-14(3)9-16/h4-6,10,13-14,16,19H,7-9,11-12H2,1-3H3,(H,20,21)/t14-,16-/m0/s1. The zero-order valence-corrected chi connectivity index (χ0v) is 13.9. The lowest BCUT2D eigenvalue weighted by molar-refractivity contribution is -0.126. The predicted molar refractivity (Wildman–Crippen MR) is 88.8 cm³/mol. The minimum Gasteiger partial charge on any atom is -0.493 e. The third kappa shape index (κ3) is 5.34. The summed E-state index contributed by atoms with van der Waals surface area (Å²) >= 11 is 0. The van der Waals surface area contributed by atoms with Crippen molar-refractivity contribution in [3.63, 3.8) is 0 Å². The number of hydrogen-bond donors (Lipinski definition) is 2. The van der Waals surface area contributed by atoms with E-state index in [9.17, 15) is 4.79 Å². The molecule has 4 heteroatoms. The highest BCUT2D eigenvalue weighted by molar-refractivity contribution is 5.78. The average Bonchev–Trinajstić information content (AvgIpc) is 2.51. The Kier molecular flexibility index (Phi) is 6.25. The van der Waals surface area contributed by atoms with Gasteiger partial charge in [0.1, 0.15) is 5.75 Å². The maximum Gasteiger partial charge on any atom is 0.223 e. The van der Waals surface area contributed by atoms with Gasteiger partial charge in [0.15, 0.2) is 0 Å². The molecule has 0 saturated carbocycles. The maximum absolute atomic E-state index is 12.2. The van der Waals surface area contributed by atoms with Crippen molar-refractivity contribution in [3.8, 4) is 5.75 Å². The van der Waals surface area contributed by atoms with Crippen molar-refractivity contribution in [2.75, 3.05) is 13.2 Å². The van der Waals surface area contributed by atoms with Crippen molar-refractivity contribution in [2.24, 2.45) is 11.8 Å². The fourth-order valence-corrected chi connectivity index (χ4v) is 2.71. The molecule has 0 aliphatic carbocycles. The third-order valence-electron chi connectivity index (χ3n) is 3.94. The van der Waals surface area contributed by atoms with Crippen LogP contribution in [0.5, 0.6) is 5.75 Å². The minimum absolute atomic E-state index is 0.136. The minimum atomic E-state index is 0.136. The first-order valence-electron chi connectivity index (χ1n) is 8.27. The largest absolute Gasteiger partial charge is 0.493 e. The number of nitrogens with one attached hydrogen (secondary N) is 2. The topological polar surface area (TPSA) is 50.4 Å². The second-order valence-electron chi connectivity index (χ2n) is 6.65. The zero-order chi connectivity index (χ0) is 15.9. The molecule has 0 radical (unpaired) electrons. The molecule has 1 aliphatic heterocycles. The molecule has 0 aromatic heterocycles. The molecule has 4 nitrogen and oxygen atoms in total. The van der Waals surface area contributed by atoms with Crippen molar-refractivity contribution < 1.29 is 9.53 Å². The predicted octanol–water partition coefficient (Wildman–Crippen LogP) is 2.73. The Morgan fingerprint density at radius 3 is 3.00 bits per heavy atom. The van der Waals surface area contributed by atoms with Gasteiger partial charge in [-0.15, -0.1) is 0 Å². The Hall–Kier alpha value is -1.55. The quantitative estimate of drug-likeness (QED) is 0.849. The van der Waals surface area contributed by atoms with E-state index in [4.69, 9.17) is 4.74 Å². The van der Waals surface area contributed by atoms with E-state index in [2.05, 4.69) is 31.4 Å². The van der Waals surface area contributed by atoms with Gasteiger partial charge in [-0.25, -0.2) is 0 Å². The maximum atomic E-state index is 12.2. The Balaban J connectivity index is 1.83. The molecule has 1 amide bonds. The Bertz CT molecular complexity index is 488. The lowest BCUT2D eigenvalue weighted by atomic mass is 9.92. The number of benzene rings is 1. The first-order chi connectivity index (χ1) is 10.5. The van der Waals surface area contributed by atoms with E-state index < -0.39 is 0 Å². The molecule has 0 unspecified atom stereocenters. The summed E-state index contributed by atoms with van der Waals surface area (Å²) in [5.41, 5.74) is 1.08. The van der Waals surface area contributed by atoms with Crippen LogP contribution in [0, 0.1) is 11.8 Å². The molecule has 0 bridgehead atoms. The molecular formula is C18H28N2O2. The second-order valence-corrected chi connectivity index (χ2v) is 6.65. The molecule has 2 N–H and O–H groups in total. The van der Waals surface area contributed by atoms with E-state index in [1.54, 1.807) is 0 Å². The summed E-state index contributed by atoms with van der Waals surface area (Å²) < 4.78 is 5.72. The van der Waals surface area contributed by atoms with Crippen LogP contribution >= 0.6 is 0 Å². The van der Waals surface area contributed by atoms with Gasteiger partial charge in [-0.1, -0.05) is 26.0 Å². The number of rotatable bonds is 6. The van der Waals surface area contributed by atoms with Gasteiger partial charge in [-0.2, -0.15) is 0 Å². The van der Waals surface area contributed by atoms with Crippen LogP contribution in [0.25, 0.3) is 0 Å². The van der Waals surface area contributed by atoms with Crippen LogP contribution in [0.4, 0.5) is 0 Å². The molecule has 0 spiro atoms. The summed E-state index contributed by atoms with van der Waals surface area (Å²) in [6.45, 7) is 8.60. The summed E-state index contributed by atoms with van der Waals surface area (Å²) in [5.74, 6) is 1.68. The first-order valence-corrected chi connectivity index (χ1v) is 8.27. The van der Waals surface area contributed by atoms with Gasteiger partial charge in [0, 0.05) is 18.5 Å². The van der Waals surface area contributed by atoms with Gasteiger partial charge >= 0.3 is 0 Å². The highest BCUT2D eigenvalue weighted by Gasteiger charge is 2.24. The van der Waals surface area contributed by atoms with Gasteiger partial charge in [0.05, 0.1) is 6.61 Å². The number of ether oxygens (including phenoxy) is 1. The van der Waals surface area contributed by atoms with Crippen LogP contribution in [0.3, 0.4) is 0 Å². The summed E-state index contributed by atoms with van der Waals surface area (Å²) in [6, 6.07) is 8.39. The van der Waals surface area contributed by atoms with Crippen molar-refractivity contribution in [1.82, 2.24) is 10.6 Å². The molecule has 2 atom stereocenters. The molecule has 1 aliphatic rings. The molecule has 1 aromatic carbocycles. The highest BCUT2D eigenvalue weighted by atomic mass is 16.5. The van der Waals surface area contributed by atoms with Crippen LogP contribution in [-0.2, 0) is 11.3 Å². The van der Waals surface area contributed by atoms with Gasteiger partial charge in [0.2, 0.25) is 5.91 Å². The number of carbonyl (C=O) groups is 1. The monoisotopic (exact) mass is 304 g/mol. The van der Waals surface area contributed by atoms with Gasteiger partial charge in [-0.05, 0) is 49.9 Å². The summed E-state index contributed by atoms with van der Waals surface area (Å²) in [5, 5.41) is 6.43. The lowest BCUT2D eigenvalue weighted by Crippen LogP contribution is -2.42. The first kappa shape index (κ1) is 16.8. The van der Waals surface area contributed by atoms with E-state index in [0.29, 0.717) is 25.1 Å². The third-order valence-corrected chi connectivity index (χ3v) is 3.94. The number of amides is 1. The fourth-order valence-electron chi connectivity index (χ4n) is 2.71. The van der Waals surface area contributed by atoms with Crippen LogP contribution in [0.1, 0.15) is 39.2 Å². The molecule has 2 rings (SSSR count). The number of hydrogen-bond acceptors (Lipinski definition) is 3. The molecule has 122 valence electrons. The lowest BCUT2D eigenvalue weighted by Gasteiger charge is -2.27. The van der Waals surface area contributed by atoms with Gasteiger partial charge in [-0.3, -0.25) is 4.79 Å². The van der Waals surface area contributed by atoms with Crippen molar-refractivity contribution in [2.45, 2.75) is 46.2 Å². The van der Waals surface area contributed by atoms with E-state index in [1.807, 2.05) is 24.3 Å². The van der Waals surface area contributed by atoms with E-state index >= 15 is 0 Å². The molecule has 1 aromatic rings. The fraction of sp³-hybridized carbons (Fsp3) is 0.611. The molecule has 22 heavy (non-hydrogen) atoms. The molecule has 1 fully saturated rings. The Morgan fingerprint density at radius 1 is 1.45 bits per heavy atom. The number of piperidine rings is 1.